The van der Waals surface area contributed by atoms with Gasteiger partial charge in [0.25, 0.3) is 11.5 Å². The van der Waals surface area contributed by atoms with Crippen LogP contribution in [0, 0.1) is 11.8 Å². The standard InChI is InChI=1S/C26H32ClFN6O3/c1-5-6-17-13-34(12-15(2)26(17,3)28)25-30-11-19(27)23(32-25)31-18-7-8-20-16(9-18)10-21(24(36)33(20)4)37-14-22(29)35/h7-11,15,17H,5-6,12-14H2,1-4H3,(H2,29,35)(H,30,31,32). The number of hydrogen-bond donors (Lipinski definition) is 2. The summed E-state index contributed by atoms with van der Waals surface area (Å²) in [6.45, 7) is 6.33. The van der Waals surface area contributed by atoms with Crippen molar-refractivity contribution in [3.63, 3.8) is 0 Å². The number of nitrogens with two attached hydrogens (primary N) is 1. The lowest BCUT2D eigenvalue weighted by atomic mass is 9.75. The quantitative estimate of drug-likeness (QED) is 0.448. The van der Waals surface area contributed by atoms with E-state index in [0.29, 0.717) is 46.5 Å². The molecule has 1 aliphatic heterocycles. The van der Waals surface area contributed by atoms with Crippen molar-refractivity contribution in [1.82, 2.24) is 14.5 Å². The van der Waals surface area contributed by atoms with E-state index in [1.165, 1.54) is 10.8 Å². The van der Waals surface area contributed by atoms with Crippen molar-refractivity contribution in [3.05, 3.63) is 45.8 Å². The van der Waals surface area contributed by atoms with Crippen molar-refractivity contribution in [2.24, 2.45) is 24.6 Å². The van der Waals surface area contributed by atoms with Gasteiger partial charge in [0.05, 0.1) is 11.7 Å². The molecule has 1 amide bonds. The van der Waals surface area contributed by atoms with E-state index in [1.807, 2.05) is 17.9 Å². The molecule has 4 rings (SSSR count). The van der Waals surface area contributed by atoms with Crippen molar-refractivity contribution in [2.45, 2.75) is 39.3 Å². The van der Waals surface area contributed by atoms with E-state index in [0.717, 1.165) is 12.8 Å². The number of fused-ring (bicyclic) bond motifs is 1. The molecular weight excluding hydrogens is 499 g/mol. The van der Waals surface area contributed by atoms with E-state index in [4.69, 9.17) is 22.1 Å². The number of ether oxygens (including phenoxy) is 1. The molecule has 198 valence electrons. The van der Waals surface area contributed by atoms with Crippen molar-refractivity contribution >= 4 is 45.9 Å². The second-order valence-corrected chi connectivity index (χ2v) is 10.2. The molecule has 3 N–H and O–H groups in total. The normalized spacial score (nSPS) is 21.7. The molecule has 2 aromatic heterocycles. The number of nitrogens with one attached hydrogen (secondary N) is 1. The molecule has 0 aliphatic carbocycles. The maximum Gasteiger partial charge on any atom is 0.293 e. The zero-order valence-electron chi connectivity index (χ0n) is 21.4. The molecule has 3 heterocycles. The van der Waals surface area contributed by atoms with Gasteiger partial charge in [-0.25, -0.2) is 9.37 Å². The minimum absolute atomic E-state index is 0.0222. The zero-order chi connectivity index (χ0) is 26.9. The number of anilines is 3. The number of aromatic nitrogens is 3. The number of piperidine rings is 1. The number of primary amides is 1. The topological polar surface area (TPSA) is 115 Å². The fraction of sp³-hybridized carbons (Fsp3) is 0.462. The number of benzene rings is 1. The van der Waals surface area contributed by atoms with Crippen LogP contribution in [0.15, 0.2) is 35.3 Å². The lowest BCUT2D eigenvalue weighted by molar-refractivity contribution is -0.119. The maximum atomic E-state index is 15.4. The van der Waals surface area contributed by atoms with Crippen LogP contribution in [0.1, 0.15) is 33.6 Å². The first kappa shape index (κ1) is 26.7. The van der Waals surface area contributed by atoms with Crippen LogP contribution in [0.2, 0.25) is 5.02 Å². The molecule has 0 bridgehead atoms. The van der Waals surface area contributed by atoms with E-state index in [1.54, 1.807) is 32.2 Å². The summed E-state index contributed by atoms with van der Waals surface area (Å²) in [6, 6.07) is 6.98. The first-order chi connectivity index (χ1) is 17.5. The maximum absolute atomic E-state index is 15.4. The third-order valence-electron chi connectivity index (χ3n) is 7.17. The van der Waals surface area contributed by atoms with Gasteiger partial charge in [-0.3, -0.25) is 9.59 Å². The lowest BCUT2D eigenvalue weighted by Gasteiger charge is -2.45. The van der Waals surface area contributed by atoms with Crippen molar-refractivity contribution in [1.29, 1.82) is 0 Å². The first-order valence-electron chi connectivity index (χ1n) is 12.3. The van der Waals surface area contributed by atoms with Crippen LogP contribution in [0.5, 0.6) is 5.75 Å². The highest BCUT2D eigenvalue weighted by molar-refractivity contribution is 6.32. The summed E-state index contributed by atoms with van der Waals surface area (Å²) in [5, 5.41) is 4.26. The SMILES string of the molecule is CCCC1CN(c2ncc(Cl)c(Nc3ccc4c(c3)cc(OCC(N)=O)c(=O)n4C)n2)CC(C)C1(C)F. The van der Waals surface area contributed by atoms with Crippen LogP contribution < -0.4 is 26.2 Å². The molecular formula is C26H32ClFN6O3. The lowest BCUT2D eigenvalue weighted by Crippen LogP contribution is -2.53. The van der Waals surface area contributed by atoms with Crippen LogP contribution in [0.3, 0.4) is 0 Å². The fourth-order valence-corrected chi connectivity index (χ4v) is 4.97. The van der Waals surface area contributed by atoms with Gasteiger partial charge in [0.1, 0.15) is 10.7 Å². The average molecular weight is 531 g/mol. The zero-order valence-corrected chi connectivity index (χ0v) is 22.2. The number of hydrogen-bond acceptors (Lipinski definition) is 7. The Morgan fingerprint density at radius 3 is 2.81 bits per heavy atom. The molecule has 11 heteroatoms. The summed E-state index contributed by atoms with van der Waals surface area (Å²) in [6.07, 6.45) is 3.23. The predicted octanol–water partition coefficient (Wildman–Crippen LogP) is 4.19. The molecule has 9 nitrogen and oxygen atoms in total. The highest BCUT2D eigenvalue weighted by Crippen LogP contribution is 2.39. The summed E-state index contributed by atoms with van der Waals surface area (Å²) >= 11 is 6.42. The predicted molar refractivity (Wildman–Crippen MR) is 143 cm³/mol. The van der Waals surface area contributed by atoms with Gasteiger partial charge in [-0.2, -0.15) is 4.98 Å². The van der Waals surface area contributed by atoms with Gasteiger partial charge >= 0.3 is 0 Å². The first-order valence-corrected chi connectivity index (χ1v) is 12.7. The summed E-state index contributed by atoms with van der Waals surface area (Å²) in [4.78, 5) is 34.7. The molecule has 3 aromatic rings. The van der Waals surface area contributed by atoms with E-state index >= 15 is 4.39 Å². The van der Waals surface area contributed by atoms with Gasteiger partial charge in [0.2, 0.25) is 5.95 Å². The minimum atomic E-state index is -1.24. The van der Waals surface area contributed by atoms with Crippen LogP contribution in [0.25, 0.3) is 10.9 Å². The van der Waals surface area contributed by atoms with Gasteiger partial charge in [-0.15, -0.1) is 0 Å². The Morgan fingerprint density at radius 1 is 1.35 bits per heavy atom. The number of amides is 1. The molecule has 1 aromatic carbocycles. The number of aryl methyl sites for hydroxylation is 1. The monoisotopic (exact) mass is 530 g/mol. The number of nitrogens with zero attached hydrogens (tertiary/aromatic N) is 4. The van der Waals surface area contributed by atoms with Crippen LogP contribution >= 0.6 is 11.6 Å². The number of rotatable bonds is 8. The van der Waals surface area contributed by atoms with Crippen LogP contribution in [0.4, 0.5) is 21.8 Å². The highest BCUT2D eigenvalue weighted by Gasteiger charge is 2.45. The Bertz CT molecular complexity index is 1380. The Kier molecular flexibility index (Phi) is 7.59. The molecule has 0 saturated carbocycles. The summed E-state index contributed by atoms with van der Waals surface area (Å²) < 4.78 is 22.1. The van der Waals surface area contributed by atoms with Gasteiger partial charge < -0.3 is 25.3 Å². The van der Waals surface area contributed by atoms with Crippen LogP contribution in [-0.2, 0) is 11.8 Å². The molecule has 1 fully saturated rings. The van der Waals surface area contributed by atoms with Gasteiger partial charge in [0, 0.05) is 43.0 Å². The Morgan fingerprint density at radius 2 is 2.11 bits per heavy atom. The second kappa shape index (κ2) is 10.5. The van der Waals surface area contributed by atoms with E-state index in [-0.39, 0.29) is 23.1 Å². The van der Waals surface area contributed by atoms with Gasteiger partial charge in [-0.05, 0) is 37.6 Å². The number of carbonyl (C=O) groups is 1. The Hall–Kier alpha value is -3.40. The smallest absolute Gasteiger partial charge is 0.293 e. The minimum Gasteiger partial charge on any atom is -0.478 e. The van der Waals surface area contributed by atoms with E-state index in [9.17, 15) is 9.59 Å². The molecule has 1 aliphatic rings. The molecule has 3 unspecified atom stereocenters. The average Bonchev–Trinajstić information content (AvgIpc) is 2.84. The number of carbonyl (C=O) groups excluding carboxylic acids is 1. The number of alkyl halides is 1. The molecule has 3 atom stereocenters. The van der Waals surface area contributed by atoms with E-state index < -0.39 is 18.2 Å². The molecule has 37 heavy (non-hydrogen) atoms. The highest BCUT2D eigenvalue weighted by atomic mass is 35.5. The largest absolute Gasteiger partial charge is 0.478 e. The van der Waals surface area contributed by atoms with Crippen LogP contribution in [-0.4, -0.2) is 45.8 Å². The fourth-order valence-electron chi connectivity index (χ4n) is 4.83. The number of pyridine rings is 1. The third-order valence-corrected chi connectivity index (χ3v) is 7.45. The van der Waals surface area contributed by atoms with Gasteiger partial charge in [-0.1, -0.05) is 31.9 Å². The summed E-state index contributed by atoms with van der Waals surface area (Å²) in [5.74, 6) is -0.0438. The van der Waals surface area contributed by atoms with Crippen molar-refractivity contribution in [3.8, 4) is 5.75 Å². The van der Waals surface area contributed by atoms with E-state index in [2.05, 4.69) is 22.2 Å². The van der Waals surface area contributed by atoms with Crippen molar-refractivity contribution < 1.29 is 13.9 Å². The third kappa shape index (κ3) is 5.49. The Balaban J connectivity index is 1.62. The second-order valence-electron chi connectivity index (χ2n) is 9.84. The summed E-state index contributed by atoms with van der Waals surface area (Å²) in [5.41, 5.74) is 4.87. The molecule has 1 saturated heterocycles. The number of halogens is 2. The molecule has 0 radical (unpaired) electrons. The van der Waals surface area contributed by atoms with Crippen molar-refractivity contribution in [2.75, 3.05) is 29.9 Å². The molecule has 0 spiro atoms. The summed E-state index contributed by atoms with van der Waals surface area (Å²) in [7, 11) is 1.62. The Labute approximate surface area is 219 Å². The van der Waals surface area contributed by atoms with Gasteiger partial charge in [0.15, 0.2) is 18.2 Å².